The maximum Gasteiger partial charge on any atom is 0.432 e. The molecule has 0 saturated carbocycles. The summed E-state index contributed by atoms with van der Waals surface area (Å²) in [5.41, 5.74) is -3.86. The first-order chi connectivity index (χ1) is 14.1. The average molecular weight is 418 g/mol. The standard InChI is InChI=1S/C21H17F3N2O4/c1-30-18(27)20(29,21(22,23)24)15-7-10-16(11-8-15)25-19(28)26-17-9-6-13-4-2-3-5-14(13)12-17/h2-12,29H,1H3,(H2,25,26,28)/t20-/m0/s1. The van der Waals surface area contributed by atoms with Gasteiger partial charge in [-0.15, -0.1) is 0 Å². The lowest BCUT2D eigenvalue weighted by atomic mass is 9.93. The number of hydrogen-bond acceptors (Lipinski definition) is 4. The number of nitrogens with one attached hydrogen (secondary N) is 2. The number of ether oxygens (including phenoxy) is 1. The SMILES string of the molecule is COC(=O)[C@@](O)(c1ccc(NC(=O)Nc2ccc3ccccc3c2)cc1)C(F)(F)F. The van der Waals surface area contributed by atoms with Crippen LogP contribution in [-0.4, -0.2) is 30.4 Å². The van der Waals surface area contributed by atoms with Crippen molar-refractivity contribution in [2.75, 3.05) is 17.7 Å². The van der Waals surface area contributed by atoms with Crippen LogP contribution in [0, 0.1) is 0 Å². The Bertz CT molecular complexity index is 1080. The number of fused-ring (bicyclic) bond motifs is 1. The Hall–Kier alpha value is -3.59. The second-order valence-corrected chi connectivity index (χ2v) is 6.42. The summed E-state index contributed by atoms with van der Waals surface area (Å²) in [6, 6.07) is 16.3. The van der Waals surface area contributed by atoms with Crippen molar-refractivity contribution < 1.29 is 32.6 Å². The van der Waals surface area contributed by atoms with Crippen molar-refractivity contribution in [3.05, 3.63) is 72.3 Å². The summed E-state index contributed by atoms with van der Waals surface area (Å²) in [7, 11) is 0.742. The normalized spacial score (nSPS) is 13.4. The van der Waals surface area contributed by atoms with Crippen LogP contribution in [0.15, 0.2) is 66.7 Å². The number of methoxy groups -OCH3 is 1. The van der Waals surface area contributed by atoms with Crippen LogP contribution in [0.5, 0.6) is 0 Å². The van der Waals surface area contributed by atoms with E-state index in [-0.39, 0.29) is 5.69 Å². The second kappa shape index (κ2) is 8.03. The third-order valence-electron chi connectivity index (χ3n) is 4.46. The Labute approximate surface area is 169 Å². The minimum Gasteiger partial charge on any atom is -0.466 e. The van der Waals surface area contributed by atoms with Gasteiger partial charge in [-0.1, -0.05) is 42.5 Å². The molecule has 0 bridgehead atoms. The van der Waals surface area contributed by atoms with Gasteiger partial charge in [0, 0.05) is 16.9 Å². The number of halogens is 3. The third-order valence-corrected chi connectivity index (χ3v) is 4.46. The number of hydrogen-bond donors (Lipinski definition) is 3. The number of amides is 2. The second-order valence-electron chi connectivity index (χ2n) is 6.42. The van der Waals surface area contributed by atoms with Crippen LogP contribution in [0.2, 0.25) is 0 Å². The first kappa shape index (κ1) is 21.1. The van der Waals surface area contributed by atoms with Gasteiger partial charge in [0.1, 0.15) is 0 Å². The van der Waals surface area contributed by atoms with Crippen LogP contribution in [0.4, 0.5) is 29.3 Å². The number of benzene rings is 3. The number of anilines is 2. The highest BCUT2D eigenvalue weighted by molar-refractivity contribution is 6.01. The number of carbonyl (C=O) groups is 2. The van der Waals surface area contributed by atoms with Gasteiger partial charge < -0.3 is 20.5 Å². The number of aliphatic hydroxyl groups is 1. The van der Waals surface area contributed by atoms with E-state index in [0.717, 1.165) is 42.1 Å². The summed E-state index contributed by atoms with van der Waals surface area (Å²) in [6.07, 6.45) is -5.29. The molecule has 3 aromatic rings. The first-order valence-corrected chi connectivity index (χ1v) is 8.70. The average Bonchev–Trinajstić information content (AvgIpc) is 2.72. The zero-order valence-electron chi connectivity index (χ0n) is 15.7. The van der Waals surface area contributed by atoms with Crippen LogP contribution < -0.4 is 10.6 Å². The molecule has 0 aliphatic heterocycles. The van der Waals surface area contributed by atoms with E-state index in [1.54, 1.807) is 12.1 Å². The van der Waals surface area contributed by atoms with Gasteiger partial charge in [-0.2, -0.15) is 13.2 Å². The van der Waals surface area contributed by atoms with Gasteiger partial charge in [0.25, 0.3) is 5.60 Å². The Kier molecular flexibility index (Phi) is 5.66. The van der Waals surface area contributed by atoms with E-state index in [0.29, 0.717) is 5.69 Å². The van der Waals surface area contributed by atoms with Crippen molar-refractivity contribution in [1.29, 1.82) is 0 Å². The highest BCUT2D eigenvalue weighted by atomic mass is 19.4. The van der Waals surface area contributed by atoms with E-state index < -0.39 is 29.3 Å². The van der Waals surface area contributed by atoms with E-state index in [1.807, 2.05) is 30.3 Å². The lowest BCUT2D eigenvalue weighted by molar-refractivity contribution is -0.266. The largest absolute Gasteiger partial charge is 0.466 e. The van der Waals surface area contributed by atoms with Crippen LogP contribution in [0.3, 0.4) is 0 Å². The lowest BCUT2D eigenvalue weighted by Crippen LogP contribution is -2.49. The van der Waals surface area contributed by atoms with Gasteiger partial charge in [0.05, 0.1) is 7.11 Å². The van der Waals surface area contributed by atoms with Crippen molar-refractivity contribution in [3.8, 4) is 0 Å². The Balaban J connectivity index is 1.74. The fourth-order valence-electron chi connectivity index (χ4n) is 2.90. The molecule has 156 valence electrons. The van der Waals surface area contributed by atoms with E-state index in [1.165, 1.54) is 0 Å². The van der Waals surface area contributed by atoms with Crippen molar-refractivity contribution in [2.24, 2.45) is 0 Å². The summed E-state index contributed by atoms with van der Waals surface area (Å²) < 4.78 is 43.9. The topological polar surface area (TPSA) is 87.7 Å². The Morgan fingerprint density at radius 3 is 2.03 bits per heavy atom. The molecule has 3 N–H and O–H groups in total. The molecule has 6 nitrogen and oxygen atoms in total. The minimum atomic E-state index is -5.29. The van der Waals surface area contributed by atoms with Crippen LogP contribution >= 0.6 is 0 Å². The van der Waals surface area contributed by atoms with E-state index in [4.69, 9.17) is 0 Å². The monoisotopic (exact) mass is 418 g/mol. The molecular formula is C21H17F3N2O4. The quantitative estimate of drug-likeness (QED) is 0.548. The fourth-order valence-corrected chi connectivity index (χ4v) is 2.90. The van der Waals surface area contributed by atoms with Crippen LogP contribution in [-0.2, 0) is 15.1 Å². The molecule has 0 aromatic heterocycles. The van der Waals surface area contributed by atoms with Crippen molar-refractivity contribution in [3.63, 3.8) is 0 Å². The van der Waals surface area contributed by atoms with E-state index >= 15 is 0 Å². The highest BCUT2D eigenvalue weighted by Gasteiger charge is 2.62. The number of carbonyl (C=O) groups excluding carboxylic acids is 2. The van der Waals surface area contributed by atoms with Gasteiger partial charge in [0.2, 0.25) is 0 Å². The van der Waals surface area contributed by atoms with Gasteiger partial charge in [0.15, 0.2) is 0 Å². The number of rotatable bonds is 4. The molecule has 0 aliphatic rings. The summed E-state index contributed by atoms with van der Waals surface area (Å²) in [5.74, 6) is -1.86. The van der Waals surface area contributed by atoms with Gasteiger partial charge in [-0.3, -0.25) is 0 Å². The zero-order valence-corrected chi connectivity index (χ0v) is 15.7. The maximum atomic E-state index is 13.3. The molecule has 1 atom stereocenters. The number of urea groups is 1. The molecule has 0 heterocycles. The molecule has 30 heavy (non-hydrogen) atoms. The summed E-state index contributed by atoms with van der Waals surface area (Å²) in [6.45, 7) is 0. The molecule has 0 unspecified atom stereocenters. The molecule has 0 aliphatic carbocycles. The van der Waals surface area contributed by atoms with Gasteiger partial charge in [-0.05, 0) is 35.0 Å². The van der Waals surface area contributed by atoms with E-state index in [2.05, 4.69) is 15.4 Å². The maximum absolute atomic E-state index is 13.3. The Morgan fingerprint density at radius 1 is 0.867 bits per heavy atom. The Morgan fingerprint density at radius 2 is 1.43 bits per heavy atom. The molecule has 2 amide bonds. The molecule has 0 radical (unpaired) electrons. The van der Waals surface area contributed by atoms with Crippen LogP contribution in [0.25, 0.3) is 10.8 Å². The van der Waals surface area contributed by atoms with Crippen LogP contribution in [0.1, 0.15) is 5.56 Å². The van der Waals surface area contributed by atoms with Gasteiger partial charge >= 0.3 is 18.2 Å². The van der Waals surface area contributed by atoms with Crippen molar-refractivity contribution in [2.45, 2.75) is 11.8 Å². The summed E-state index contributed by atoms with van der Waals surface area (Å²) in [5, 5.41) is 17.0. The number of esters is 1. The smallest absolute Gasteiger partial charge is 0.432 e. The third kappa shape index (κ3) is 4.06. The lowest BCUT2D eigenvalue weighted by Gasteiger charge is -2.28. The number of alkyl halides is 3. The molecular weight excluding hydrogens is 401 g/mol. The summed E-state index contributed by atoms with van der Waals surface area (Å²) in [4.78, 5) is 23.8. The molecule has 9 heteroatoms. The predicted molar refractivity (Wildman–Crippen MR) is 105 cm³/mol. The fraction of sp³-hybridized carbons (Fsp3) is 0.143. The predicted octanol–water partition coefficient (Wildman–Crippen LogP) is 4.41. The van der Waals surface area contributed by atoms with E-state index in [9.17, 15) is 27.9 Å². The molecule has 0 spiro atoms. The zero-order chi connectivity index (χ0) is 21.9. The molecule has 0 fully saturated rings. The first-order valence-electron chi connectivity index (χ1n) is 8.70. The van der Waals surface area contributed by atoms with Crippen molar-refractivity contribution >= 4 is 34.1 Å². The van der Waals surface area contributed by atoms with Crippen molar-refractivity contribution in [1.82, 2.24) is 0 Å². The molecule has 0 saturated heterocycles. The minimum absolute atomic E-state index is 0.159. The molecule has 3 rings (SSSR count). The summed E-state index contributed by atoms with van der Waals surface area (Å²) >= 11 is 0. The van der Waals surface area contributed by atoms with Gasteiger partial charge in [-0.25, -0.2) is 9.59 Å². The highest BCUT2D eigenvalue weighted by Crippen LogP contribution is 2.40. The molecule has 3 aromatic carbocycles.